The monoisotopic (exact) mass is 377 g/mol. The molecule has 0 saturated carbocycles. The second kappa shape index (κ2) is 7.21. The lowest BCUT2D eigenvalue weighted by Gasteiger charge is -2.05. The molecule has 0 atom stereocenters. The topological polar surface area (TPSA) is 54.0 Å². The molecular weight excluding hydrogens is 365 g/mol. The van der Waals surface area contributed by atoms with E-state index < -0.39 is 0 Å². The number of hydrogen-bond acceptors (Lipinski definition) is 3. The predicted molar refractivity (Wildman–Crippen MR) is 101 cm³/mol. The van der Waals surface area contributed by atoms with Crippen molar-refractivity contribution in [2.24, 2.45) is 0 Å². The summed E-state index contributed by atoms with van der Waals surface area (Å²) in [4.78, 5) is 17.6. The molecule has 3 aromatic rings. The Balaban J connectivity index is 1.73. The molecule has 7 heteroatoms. The highest BCUT2D eigenvalue weighted by molar-refractivity contribution is 7.16. The first kappa shape index (κ1) is 16.8. The van der Waals surface area contributed by atoms with Gasteiger partial charge in [-0.2, -0.15) is 0 Å². The zero-order valence-electron chi connectivity index (χ0n) is 12.6. The number of carbonyl (C=O) groups excluding carboxylic acids is 1. The molecule has 0 aliphatic rings. The molecule has 2 N–H and O–H groups in total. The van der Waals surface area contributed by atoms with Crippen molar-refractivity contribution in [1.29, 1.82) is 0 Å². The van der Waals surface area contributed by atoms with Gasteiger partial charge < -0.3 is 5.32 Å². The van der Waals surface area contributed by atoms with Gasteiger partial charge in [0.1, 0.15) is 0 Å². The molecule has 3 rings (SSSR count). The number of nitrogens with one attached hydrogen (secondary N) is 2. The first-order valence-electron chi connectivity index (χ1n) is 7.08. The Labute approximate surface area is 153 Å². The van der Waals surface area contributed by atoms with Crippen molar-refractivity contribution in [1.82, 2.24) is 4.98 Å². The summed E-state index contributed by atoms with van der Waals surface area (Å²) in [5.74, 6) is 0. The summed E-state index contributed by atoms with van der Waals surface area (Å²) in [6.07, 6.45) is 0. The predicted octanol–water partition coefficient (Wildman–Crippen LogP) is 6.07. The number of amides is 2. The highest BCUT2D eigenvalue weighted by atomic mass is 35.5. The molecule has 0 radical (unpaired) electrons. The van der Waals surface area contributed by atoms with Crippen LogP contribution in [0.5, 0.6) is 0 Å². The van der Waals surface area contributed by atoms with Gasteiger partial charge in [0, 0.05) is 26.2 Å². The fourth-order valence-electron chi connectivity index (χ4n) is 2.15. The molecule has 2 amide bonds. The highest BCUT2D eigenvalue weighted by Gasteiger charge is 2.12. The molecule has 0 unspecified atom stereocenters. The van der Waals surface area contributed by atoms with Crippen molar-refractivity contribution in [3.8, 4) is 11.3 Å². The highest BCUT2D eigenvalue weighted by Crippen LogP contribution is 2.31. The normalized spacial score (nSPS) is 10.5. The van der Waals surface area contributed by atoms with Crippen LogP contribution in [0.3, 0.4) is 0 Å². The third-order valence-electron chi connectivity index (χ3n) is 3.22. The molecule has 0 spiro atoms. The van der Waals surface area contributed by atoms with Crippen LogP contribution in [0.2, 0.25) is 10.0 Å². The van der Waals surface area contributed by atoms with Crippen LogP contribution in [0.4, 0.5) is 15.6 Å². The van der Waals surface area contributed by atoms with E-state index in [1.807, 2.05) is 31.2 Å². The second-order valence-corrected chi connectivity index (χ2v) is 7.10. The molecule has 0 saturated heterocycles. The number of anilines is 2. The number of nitrogens with zero attached hydrogens (tertiary/aromatic N) is 1. The Morgan fingerprint density at radius 3 is 2.50 bits per heavy atom. The maximum Gasteiger partial charge on any atom is 0.325 e. The van der Waals surface area contributed by atoms with Crippen molar-refractivity contribution < 1.29 is 4.79 Å². The molecule has 1 aromatic heterocycles. The lowest BCUT2D eigenvalue weighted by atomic mass is 10.1. The smallest absolute Gasteiger partial charge is 0.308 e. The van der Waals surface area contributed by atoms with E-state index in [-0.39, 0.29) is 6.03 Å². The van der Waals surface area contributed by atoms with Crippen LogP contribution in [0.15, 0.2) is 48.5 Å². The summed E-state index contributed by atoms with van der Waals surface area (Å²) in [6.45, 7) is 1.96. The van der Waals surface area contributed by atoms with E-state index in [1.165, 1.54) is 11.3 Å². The third-order valence-corrected chi connectivity index (χ3v) is 4.59. The number of aromatic nitrogens is 1. The van der Waals surface area contributed by atoms with Gasteiger partial charge >= 0.3 is 6.03 Å². The van der Waals surface area contributed by atoms with Gasteiger partial charge in [-0.15, -0.1) is 11.3 Å². The lowest BCUT2D eigenvalue weighted by Crippen LogP contribution is -2.19. The average molecular weight is 378 g/mol. The Morgan fingerprint density at radius 2 is 1.79 bits per heavy atom. The van der Waals surface area contributed by atoms with Crippen LogP contribution < -0.4 is 10.6 Å². The average Bonchev–Trinajstić information content (AvgIpc) is 2.88. The van der Waals surface area contributed by atoms with Crippen molar-refractivity contribution in [3.63, 3.8) is 0 Å². The van der Waals surface area contributed by atoms with E-state index in [2.05, 4.69) is 15.6 Å². The van der Waals surface area contributed by atoms with E-state index >= 15 is 0 Å². The quantitative estimate of drug-likeness (QED) is 0.581. The van der Waals surface area contributed by atoms with Crippen LogP contribution in [-0.4, -0.2) is 11.0 Å². The fraction of sp³-hybridized carbons (Fsp3) is 0.0588. The third kappa shape index (κ3) is 4.06. The number of benzene rings is 2. The Bertz CT molecular complexity index is 878. The SMILES string of the molecule is Cc1sc(NC(=O)Nc2cccc(Cl)c2)nc1-c1ccc(Cl)cc1. The van der Waals surface area contributed by atoms with Gasteiger partial charge in [0.2, 0.25) is 0 Å². The Hall–Kier alpha value is -2.08. The van der Waals surface area contributed by atoms with Gasteiger partial charge in [-0.25, -0.2) is 9.78 Å². The molecule has 0 aliphatic carbocycles. The molecule has 1 heterocycles. The summed E-state index contributed by atoms with van der Waals surface area (Å²) in [7, 11) is 0. The molecule has 4 nitrogen and oxygen atoms in total. The van der Waals surface area contributed by atoms with E-state index in [0.29, 0.717) is 20.9 Å². The van der Waals surface area contributed by atoms with Crippen molar-refractivity contribution >= 4 is 51.4 Å². The summed E-state index contributed by atoms with van der Waals surface area (Å²) in [6, 6.07) is 14.0. The second-order valence-electron chi connectivity index (χ2n) is 5.02. The van der Waals surface area contributed by atoms with Crippen LogP contribution in [0.1, 0.15) is 4.88 Å². The minimum atomic E-state index is -0.367. The van der Waals surface area contributed by atoms with Gasteiger partial charge in [0.15, 0.2) is 5.13 Å². The summed E-state index contributed by atoms with van der Waals surface area (Å²) in [5.41, 5.74) is 2.40. The first-order valence-corrected chi connectivity index (χ1v) is 8.65. The number of hydrogen-bond donors (Lipinski definition) is 2. The van der Waals surface area contributed by atoms with Gasteiger partial charge in [0.25, 0.3) is 0 Å². The van der Waals surface area contributed by atoms with Crippen LogP contribution in [0, 0.1) is 6.92 Å². The van der Waals surface area contributed by atoms with Gasteiger partial charge in [-0.05, 0) is 37.3 Å². The minimum Gasteiger partial charge on any atom is -0.308 e. The van der Waals surface area contributed by atoms with Crippen molar-refractivity contribution in [2.75, 3.05) is 10.6 Å². The summed E-state index contributed by atoms with van der Waals surface area (Å²) < 4.78 is 0. The number of aryl methyl sites for hydroxylation is 1. The van der Waals surface area contributed by atoms with Crippen LogP contribution in [0.25, 0.3) is 11.3 Å². The van der Waals surface area contributed by atoms with E-state index in [1.54, 1.807) is 24.3 Å². The van der Waals surface area contributed by atoms with E-state index in [9.17, 15) is 4.79 Å². The van der Waals surface area contributed by atoms with Crippen LogP contribution >= 0.6 is 34.5 Å². The maximum atomic E-state index is 12.1. The minimum absolute atomic E-state index is 0.367. The van der Waals surface area contributed by atoms with Crippen molar-refractivity contribution in [2.45, 2.75) is 6.92 Å². The largest absolute Gasteiger partial charge is 0.325 e. The fourth-order valence-corrected chi connectivity index (χ4v) is 3.30. The maximum absolute atomic E-state index is 12.1. The number of carbonyl (C=O) groups is 1. The molecule has 0 bridgehead atoms. The molecule has 122 valence electrons. The number of urea groups is 1. The molecule has 0 aliphatic heterocycles. The first-order chi connectivity index (χ1) is 11.5. The van der Waals surface area contributed by atoms with Gasteiger partial charge in [-0.3, -0.25) is 5.32 Å². The van der Waals surface area contributed by atoms with Crippen LogP contribution in [-0.2, 0) is 0 Å². The molecule has 2 aromatic carbocycles. The zero-order valence-corrected chi connectivity index (χ0v) is 15.0. The number of rotatable bonds is 3. The van der Waals surface area contributed by atoms with Crippen molar-refractivity contribution in [3.05, 3.63) is 63.5 Å². The Morgan fingerprint density at radius 1 is 1.04 bits per heavy atom. The number of thiazole rings is 1. The summed E-state index contributed by atoms with van der Waals surface area (Å²) in [5, 5.41) is 7.22. The summed E-state index contributed by atoms with van der Waals surface area (Å²) >= 11 is 13.2. The molecule has 0 fully saturated rings. The Kier molecular flexibility index (Phi) is 5.04. The zero-order chi connectivity index (χ0) is 17.1. The van der Waals surface area contributed by atoms with Gasteiger partial charge in [-0.1, -0.05) is 41.4 Å². The lowest BCUT2D eigenvalue weighted by molar-refractivity contribution is 0.262. The van der Waals surface area contributed by atoms with Gasteiger partial charge in [0.05, 0.1) is 5.69 Å². The standard InChI is InChI=1S/C17H13Cl2N3OS/c1-10-15(11-5-7-12(18)8-6-11)21-17(24-10)22-16(23)20-14-4-2-3-13(19)9-14/h2-9H,1H3,(H2,20,21,22,23). The molecule has 24 heavy (non-hydrogen) atoms. The van der Waals surface area contributed by atoms with E-state index in [4.69, 9.17) is 23.2 Å². The van der Waals surface area contributed by atoms with E-state index in [0.717, 1.165) is 16.1 Å². The molecular formula is C17H13Cl2N3OS. The number of halogens is 2.